The highest BCUT2D eigenvalue weighted by atomic mass is 16.6. The van der Waals surface area contributed by atoms with E-state index in [0.717, 1.165) is 16.7 Å². The summed E-state index contributed by atoms with van der Waals surface area (Å²) in [5.74, 6) is -0.156. The van der Waals surface area contributed by atoms with E-state index in [1.165, 1.54) is 0 Å². The first-order chi connectivity index (χ1) is 12.1. The fraction of sp³-hybridized carbons (Fsp3) is 0.350. The molecule has 0 aliphatic carbocycles. The van der Waals surface area contributed by atoms with Gasteiger partial charge in [0.05, 0.1) is 19.3 Å². The van der Waals surface area contributed by atoms with Crippen molar-refractivity contribution in [3.63, 3.8) is 0 Å². The molecule has 2 aliphatic heterocycles. The van der Waals surface area contributed by atoms with Gasteiger partial charge in [-0.15, -0.1) is 0 Å². The van der Waals surface area contributed by atoms with Crippen LogP contribution in [0.4, 0.5) is 0 Å². The van der Waals surface area contributed by atoms with Crippen molar-refractivity contribution in [3.8, 4) is 11.1 Å². The number of rotatable bonds is 3. The summed E-state index contributed by atoms with van der Waals surface area (Å²) in [6, 6.07) is 15.4. The van der Waals surface area contributed by atoms with Gasteiger partial charge in [0.2, 0.25) is 0 Å². The van der Waals surface area contributed by atoms with E-state index in [1.807, 2.05) is 49.4 Å². The number of hydrogen-bond donors (Lipinski definition) is 2. The normalized spacial score (nSPS) is 27.9. The Labute approximate surface area is 146 Å². The summed E-state index contributed by atoms with van der Waals surface area (Å²) in [7, 11) is 0. The molecule has 2 aliphatic rings. The lowest BCUT2D eigenvalue weighted by molar-refractivity contribution is 0.0178. The van der Waals surface area contributed by atoms with E-state index in [9.17, 15) is 9.90 Å². The van der Waals surface area contributed by atoms with Crippen molar-refractivity contribution in [1.82, 2.24) is 5.32 Å². The van der Waals surface area contributed by atoms with E-state index in [0.29, 0.717) is 12.2 Å². The van der Waals surface area contributed by atoms with E-state index < -0.39 is 6.10 Å². The smallest absolute Gasteiger partial charge is 0.252 e. The number of nitrogens with one attached hydrogen (secondary N) is 1. The molecular weight excluding hydrogens is 318 g/mol. The van der Waals surface area contributed by atoms with Gasteiger partial charge < -0.3 is 19.9 Å². The predicted molar refractivity (Wildman–Crippen MR) is 93.4 cm³/mol. The molecule has 0 saturated carbocycles. The van der Waals surface area contributed by atoms with Crippen molar-refractivity contribution in [2.45, 2.75) is 31.3 Å². The van der Waals surface area contributed by atoms with Crippen LogP contribution in [-0.2, 0) is 9.47 Å². The molecule has 4 rings (SSSR count). The fourth-order valence-corrected chi connectivity index (χ4v) is 3.59. The van der Waals surface area contributed by atoms with Crippen molar-refractivity contribution in [1.29, 1.82) is 0 Å². The Balaban J connectivity index is 1.57. The SMILES string of the molecule is Cc1cccc(-c2ccccc2C(=O)N[C@@H]2CO[C@H]3[C@@H]2OC[C@H]3O)c1. The number of amides is 1. The molecule has 5 nitrogen and oxygen atoms in total. The minimum atomic E-state index is -0.619. The van der Waals surface area contributed by atoms with E-state index in [1.54, 1.807) is 0 Å². The molecule has 2 aromatic rings. The number of aliphatic hydroxyl groups is 1. The lowest BCUT2D eigenvalue weighted by Gasteiger charge is -2.18. The van der Waals surface area contributed by atoms with Crippen molar-refractivity contribution in [2.75, 3.05) is 13.2 Å². The molecule has 130 valence electrons. The molecule has 2 heterocycles. The van der Waals surface area contributed by atoms with Gasteiger partial charge >= 0.3 is 0 Å². The van der Waals surface area contributed by atoms with Gasteiger partial charge in [-0.3, -0.25) is 4.79 Å². The second-order valence-electron chi connectivity index (χ2n) is 6.66. The highest BCUT2D eigenvalue weighted by Crippen LogP contribution is 2.28. The van der Waals surface area contributed by atoms with Crippen molar-refractivity contribution in [3.05, 3.63) is 59.7 Å². The van der Waals surface area contributed by atoms with Crippen LogP contribution in [0.3, 0.4) is 0 Å². The van der Waals surface area contributed by atoms with E-state index in [-0.39, 0.29) is 30.8 Å². The first kappa shape index (κ1) is 16.3. The highest BCUT2D eigenvalue weighted by molar-refractivity contribution is 6.01. The summed E-state index contributed by atoms with van der Waals surface area (Å²) in [5, 5.41) is 12.8. The quantitative estimate of drug-likeness (QED) is 0.896. The zero-order valence-electron chi connectivity index (χ0n) is 14.0. The summed E-state index contributed by atoms with van der Waals surface area (Å²) < 4.78 is 11.2. The maximum atomic E-state index is 12.9. The largest absolute Gasteiger partial charge is 0.388 e. The molecule has 5 heteroatoms. The topological polar surface area (TPSA) is 67.8 Å². The molecule has 1 amide bonds. The number of aryl methyl sites for hydroxylation is 1. The summed E-state index contributed by atoms with van der Waals surface area (Å²) in [4.78, 5) is 12.9. The number of carbonyl (C=O) groups is 1. The minimum absolute atomic E-state index is 0.156. The first-order valence-electron chi connectivity index (χ1n) is 8.51. The van der Waals surface area contributed by atoms with Crippen LogP contribution in [-0.4, -0.2) is 48.6 Å². The number of hydrogen-bond acceptors (Lipinski definition) is 4. The van der Waals surface area contributed by atoms with E-state index in [4.69, 9.17) is 9.47 Å². The van der Waals surface area contributed by atoms with Gasteiger partial charge in [-0.2, -0.15) is 0 Å². The Morgan fingerprint density at radius 2 is 1.88 bits per heavy atom. The maximum Gasteiger partial charge on any atom is 0.252 e. The molecule has 2 aromatic carbocycles. The summed E-state index contributed by atoms with van der Waals surface area (Å²) >= 11 is 0. The molecule has 2 N–H and O–H groups in total. The second-order valence-corrected chi connectivity index (χ2v) is 6.66. The number of carbonyl (C=O) groups excluding carboxylic acids is 1. The fourth-order valence-electron chi connectivity index (χ4n) is 3.59. The van der Waals surface area contributed by atoms with Gasteiger partial charge in [0.1, 0.15) is 18.3 Å². The molecular formula is C20H21NO4. The Morgan fingerprint density at radius 3 is 2.72 bits per heavy atom. The van der Waals surface area contributed by atoms with Crippen molar-refractivity contribution < 1.29 is 19.4 Å². The average molecular weight is 339 g/mol. The molecule has 0 unspecified atom stereocenters. The van der Waals surface area contributed by atoms with Gasteiger partial charge in [-0.05, 0) is 24.1 Å². The number of benzene rings is 2. The molecule has 0 aromatic heterocycles. The number of fused-ring (bicyclic) bond motifs is 1. The first-order valence-corrected chi connectivity index (χ1v) is 8.51. The molecule has 0 spiro atoms. The van der Waals surface area contributed by atoms with Crippen molar-refractivity contribution in [2.24, 2.45) is 0 Å². The van der Waals surface area contributed by atoms with Gasteiger partial charge in [0, 0.05) is 5.56 Å². The maximum absolute atomic E-state index is 12.9. The lowest BCUT2D eigenvalue weighted by atomic mass is 9.97. The van der Waals surface area contributed by atoms with Crippen molar-refractivity contribution >= 4 is 5.91 Å². The molecule has 25 heavy (non-hydrogen) atoms. The molecule has 4 atom stereocenters. The molecule has 2 fully saturated rings. The second kappa shape index (κ2) is 6.59. The number of ether oxygens (including phenoxy) is 2. The summed E-state index contributed by atoms with van der Waals surface area (Å²) in [6.45, 7) is 2.64. The third-order valence-corrected chi connectivity index (χ3v) is 4.84. The van der Waals surface area contributed by atoms with Crippen LogP contribution >= 0.6 is 0 Å². The number of aliphatic hydroxyl groups excluding tert-OH is 1. The van der Waals surface area contributed by atoms with E-state index >= 15 is 0 Å². The molecule has 0 radical (unpaired) electrons. The van der Waals surface area contributed by atoms with Crippen LogP contribution in [0.25, 0.3) is 11.1 Å². The van der Waals surface area contributed by atoms with Gasteiger partial charge in [-0.1, -0.05) is 48.0 Å². The Hall–Kier alpha value is -2.21. The third-order valence-electron chi connectivity index (χ3n) is 4.84. The minimum Gasteiger partial charge on any atom is -0.388 e. The van der Waals surface area contributed by atoms with Gasteiger partial charge in [0.25, 0.3) is 5.91 Å². The molecule has 2 saturated heterocycles. The van der Waals surface area contributed by atoms with Gasteiger partial charge in [-0.25, -0.2) is 0 Å². The Bertz CT molecular complexity index is 791. The van der Waals surface area contributed by atoms with E-state index in [2.05, 4.69) is 11.4 Å². The van der Waals surface area contributed by atoms with Crippen LogP contribution in [0.2, 0.25) is 0 Å². The van der Waals surface area contributed by atoms with Crippen LogP contribution in [0.15, 0.2) is 48.5 Å². The standard InChI is InChI=1S/C20H21NO4/c1-12-5-4-6-13(9-12)14-7-2-3-8-15(14)20(23)21-16-10-24-19-17(22)11-25-18(16)19/h2-9,16-19,22H,10-11H2,1H3,(H,21,23)/t16-,17-,18-,19-/m1/s1. The summed E-state index contributed by atoms with van der Waals surface area (Å²) in [5.41, 5.74) is 3.67. The van der Waals surface area contributed by atoms with Crippen LogP contribution in [0, 0.1) is 6.92 Å². The summed E-state index contributed by atoms with van der Waals surface area (Å²) in [6.07, 6.45) is -1.26. The van der Waals surface area contributed by atoms with Crippen LogP contribution < -0.4 is 5.32 Å². The average Bonchev–Trinajstić information content (AvgIpc) is 3.19. The zero-order valence-corrected chi connectivity index (χ0v) is 14.0. The van der Waals surface area contributed by atoms with Gasteiger partial charge in [0.15, 0.2) is 0 Å². The lowest BCUT2D eigenvalue weighted by Crippen LogP contribution is -2.44. The Kier molecular flexibility index (Phi) is 4.29. The molecule has 0 bridgehead atoms. The highest BCUT2D eigenvalue weighted by Gasteiger charge is 2.47. The predicted octanol–water partition coefficient (Wildman–Crippen LogP) is 1.92. The monoisotopic (exact) mass is 339 g/mol. The zero-order chi connectivity index (χ0) is 17.4. The third kappa shape index (κ3) is 3.06. The van der Waals surface area contributed by atoms with Crippen LogP contribution in [0.5, 0.6) is 0 Å². The van der Waals surface area contributed by atoms with Crippen LogP contribution in [0.1, 0.15) is 15.9 Å². The Morgan fingerprint density at radius 1 is 1.08 bits per heavy atom.